The van der Waals surface area contributed by atoms with E-state index in [1.807, 2.05) is 12.1 Å². The Bertz CT molecular complexity index is 538. The molecule has 0 aliphatic rings. The number of benzene rings is 1. The molecule has 0 aliphatic heterocycles. The van der Waals surface area contributed by atoms with E-state index < -0.39 is 5.97 Å². The minimum absolute atomic E-state index is 0.0774. The van der Waals surface area contributed by atoms with Crippen molar-refractivity contribution in [2.75, 3.05) is 0 Å². The Balaban J connectivity index is 2.29. The molecule has 4 heteroatoms. The normalized spacial score (nSPS) is 10.1. The van der Waals surface area contributed by atoms with Crippen LogP contribution in [0.3, 0.4) is 0 Å². The van der Waals surface area contributed by atoms with Gasteiger partial charge in [0.2, 0.25) is 0 Å². The number of rotatable bonds is 3. The van der Waals surface area contributed by atoms with E-state index in [1.54, 1.807) is 18.5 Å². The second-order valence-corrected chi connectivity index (χ2v) is 3.69. The van der Waals surface area contributed by atoms with Crippen LogP contribution in [0.15, 0.2) is 42.7 Å². The molecule has 0 aliphatic carbocycles. The molecule has 1 aromatic heterocycles. The van der Waals surface area contributed by atoms with Crippen LogP contribution in [0.25, 0.3) is 0 Å². The van der Waals surface area contributed by atoms with Gasteiger partial charge in [-0.25, -0.2) is 4.79 Å². The molecule has 1 aromatic carbocycles. The predicted octanol–water partition coefficient (Wildman–Crippen LogP) is 2.08. The van der Waals surface area contributed by atoms with Crippen molar-refractivity contribution in [3.8, 4) is 5.75 Å². The highest BCUT2D eigenvalue weighted by atomic mass is 16.4. The molecule has 4 nitrogen and oxygen atoms in total. The third-order valence-electron chi connectivity index (χ3n) is 2.42. The van der Waals surface area contributed by atoms with E-state index in [9.17, 15) is 9.90 Å². The van der Waals surface area contributed by atoms with Crippen molar-refractivity contribution in [1.29, 1.82) is 0 Å². The van der Waals surface area contributed by atoms with Gasteiger partial charge in [-0.2, -0.15) is 0 Å². The second kappa shape index (κ2) is 4.65. The zero-order chi connectivity index (χ0) is 12.3. The van der Waals surface area contributed by atoms with Gasteiger partial charge < -0.3 is 10.2 Å². The van der Waals surface area contributed by atoms with E-state index in [2.05, 4.69) is 4.98 Å². The standard InChI is InChI=1S/C13H11NO3/c15-12-4-3-9(7-11(12)13(16)17)6-10-2-1-5-14-8-10/h1-5,7-8,15H,6H2,(H,16,17). The van der Waals surface area contributed by atoms with Gasteiger partial charge in [-0.15, -0.1) is 0 Å². The van der Waals surface area contributed by atoms with Crippen molar-refractivity contribution >= 4 is 5.97 Å². The molecular weight excluding hydrogens is 218 g/mol. The van der Waals surface area contributed by atoms with Gasteiger partial charge in [-0.05, 0) is 35.7 Å². The van der Waals surface area contributed by atoms with Crippen molar-refractivity contribution < 1.29 is 15.0 Å². The van der Waals surface area contributed by atoms with Crippen LogP contribution in [-0.2, 0) is 6.42 Å². The maximum Gasteiger partial charge on any atom is 0.339 e. The zero-order valence-corrected chi connectivity index (χ0v) is 9.00. The fourth-order valence-electron chi connectivity index (χ4n) is 1.60. The summed E-state index contributed by atoms with van der Waals surface area (Å²) in [7, 11) is 0. The van der Waals surface area contributed by atoms with E-state index in [-0.39, 0.29) is 11.3 Å². The van der Waals surface area contributed by atoms with Crippen molar-refractivity contribution in [3.63, 3.8) is 0 Å². The molecule has 0 atom stereocenters. The first-order valence-electron chi connectivity index (χ1n) is 5.11. The fraction of sp³-hybridized carbons (Fsp3) is 0.0769. The lowest BCUT2D eigenvalue weighted by Crippen LogP contribution is -1.99. The minimum atomic E-state index is -1.13. The lowest BCUT2D eigenvalue weighted by molar-refractivity contribution is 0.0693. The van der Waals surface area contributed by atoms with Gasteiger partial charge in [0.15, 0.2) is 0 Å². The molecule has 17 heavy (non-hydrogen) atoms. The van der Waals surface area contributed by atoms with Gasteiger partial charge in [-0.3, -0.25) is 4.98 Å². The molecule has 0 unspecified atom stereocenters. The quantitative estimate of drug-likeness (QED) is 0.845. The summed E-state index contributed by atoms with van der Waals surface area (Å²) in [4.78, 5) is 14.8. The Morgan fingerprint density at radius 3 is 2.71 bits per heavy atom. The molecule has 0 amide bonds. The Hall–Kier alpha value is -2.36. The number of hydrogen-bond donors (Lipinski definition) is 2. The largest absolute Gasteiger partial charge is 0.507 e. The zero-order valence-electron chi connectivity index (χ0n) is 9.00. The molecule has 0 saturated carbocycles. The van der Waals surface area contributed by atoms with Crippen molar-refractivity contribution in [3.05, 3.63) is 59.4 Å². The summed E-state index contributed by atoms with van der Waals surface area (Å²) >= 11 is 0. The monoisotopic (exact) mass is 229 g/mol. The van der Waals surface area contributed by atoms with Crippen LogP contribution < -0.4 is 0 Å². The Kier molecular flexibility index (Phi) is 3.05. The Labute approximate surface area is 98.2 Å². The van der Waals surface area contributed by atoms with E-state index in [0.717, 1.165) is 11.1 Å². The first kappa shape index (κ1) is 11.1. The van der Waals surface area contributed by atoms with Crippen LogP contribution in [0.2, 0.25) is 0 Å². The smallest absolute Gasteiger partial charge is 0.339 e. The first-order valence-corrected chi connectivity index (χ1v) is 5.11. The summed E-state index contributed by atoms with van der Waals surface area (Å²) in [5.74, 6) is -1.34. The van der Waals surface area contributed by atoms with Crippen molar-refractivity contribution in [2.24, 2.45) is 0 Å². The van der Waals surface area contributed by atoms with Gasteiger partial charge in [0.1, 0.15) is 11.3 Å². The molecule has 1 heterocycles. The first-order chi connectivity index (χ1) is 8.16. The van der Waals surface area contributed by atoms with Crippen LogP contribution in [0.4, 0.5) is 0 Å². The Morgan fingerprint density at radius 2 is 2.06 bits per heavy atom. The topological polar surface area (TPSA) is 70.4 Å². The fourth-order valence-corrected chi connectivity index (χ4v) is 1.60. The SMILES string of the molecule is O=C(O)c1cc(Cc2cccnc2)ccc1O. The van der Waals surface area contributed by atoms with Gasteiger partial charge >= 0.3 is 5.97 Å². The highest BCUT2D eigenvalue weighted by molar-refractivity contribution is 5.90. The maximum absolute atomic E-state index is 10.9. The van der Waals surface area contributed by atoms with Crippen LogP contribution in [0.1, 0.15) is 21.5 Å². The number of carbonyl (C=O) groups is 1. The average molecular weight is 229 g/mol. The number of nitrogens with zero attached hydrogens (tertiary/aromatic N) is 1. The summed E-state index contributed by atoms with van der Waals surface area (Å²) in [5, 5.41) is 18.3. The van der Waals surface area contributed by atoms with E-state index in [4.69, 9.17) is 5.11 Å². The molecule has 2 rings (SSSR count). The molecule has 0 bridgehead atoms. The minimum Gasteiger partial charge on any atom is -0.507 e. The lowest BCUT2D eigenvalue weighted by Gasteiger charge is -2.04. The van der Waals surface area contributed by atoms with Gasteiger partial charge in [0.05, 0.1) is 0 Å². The summed E-state index contributed by atoms with van der Waals surface area (Å²) in [6, 6.07) is 8.32. The van der Waals surface area contributed by atoms with E-state index in [1.165, 1.54) is 12.1 Å². The van der Waals surface area contributed by atoms with Crippen LogP contribution in [0.5, 0.6) is 5.75 Å². The number of aromatic hydroxyl groups is 1. The maximum atomic E-state index is 10.9. The van der Waals surface area contributed by atoms with E-state index >= 15 is 0 Å². The van der Waals surface area contributed by atoms with Gasteiger partial charge in [0.25, 0.3) is 0 Å². The molecule has 0 saturated heterocycles. The summed E-state index contributed by atoms with van der Waals surface area (Å²) < 4.78 is 0. The molecule has 86 valence electrons. The molecular formula is C13H11NO3. The van der Waals surface area contributed by atoms with Crippen molar-refractivity contribution in [2.45, 2.75) is 6.42 Å². The van der Waals surface area contributed by atoms with Crippen LogP contribution >= 0.6 is 0 Å². The number of hydrogen-bond acceptors (Lipinski definition) is 3. The predicted molar refractivity (Wildman–Crippen MR) is 62.1 cm³/mol. The van der Waals surface area contributed by atoms with Gasteiger partial charge in [-0.1, -0.05) is 12.1 Å². The number of carboxylic acid groups (broad SMARTS) is 1. The summed E-state index contributed by atoms with van der Waals surface area (Å²) in [6.07, 6.45) is 4.00. The van der Waals surface area contributed by atoms with Crippen LogP contribution in [0, 0.1) is 0 Å². The second-order valence-electron chi connectivity index (χ2n) is 3.69. The number of aromatic carboxylic acids is 1. The van der Waals surface area contributed by atoms with E-state index in [0.29, 0.717) is 6.42 Å². The highest BCUT2D eigenvalue weighted by Gasteiger charge is 2.10. The average Bonchev–Trinajstić information content (AvgIpc) is 2.32. The molecule has 0 spiro atoms. The number of carboxylic acids is 1. The number of aromatic nitrogens is 1. The molecule has 2 N–H and O–H groups in total. The summed E-state index contributed by atoms with van der Waals surface area (Å²) in [5.41, 5.74) is 1.74. The Morgan fingerprint density at radius 1 is 1.24 bits per heavy atom. The molecule has 0 radical (unpaired) electrons. The van der Waals surface area contributed by atoms with Gasteiger partial charge in [0, 0.05) is 12.4 Å². The van der Waals surface area contributed by atoms with Crippen LogP contribution in [-0.4, -0.2) is 21.2 Å². The lowest BCUT2D eigenvalue weighted by atomic mass is 10.0. The number of phenols is 1. The third-order valence-corrected chi connectivity index (χ3v) is 2.42. The summed E-state index contributed by atoms with van der Waals surface area (Å²) in [6.45, 7) is 0. The highest BCUT2D eigenvalue weighted by Crippen LogP contribution is 2.20. The molecule has 0 fully saturated rings. The third kappa shape index (κ3) is 2.60. The van der Waals surface area contributed by atoms with Crippen molar-refractivity contribution in [1.82, 2.24) is 4.98 Å². The number of pyridine rings is 1. The molecule has 2 aromatic rings.